The quantitative estimate of drug-likeness (QED) is 0.0552. The number of nitrogens with one attached hydrogen (secondary N) is 4. The Balaban J connectivity index is 1.30. The van der Waals surface area contributed by atoms with E-state index in [1.165, 1.54) is 42.5 Å². The van der Waals surface area contributed by atoms with Gasteiger partial charge in [-0.05, 0) is 80.8 Å². The number of hydrogen-bond acceptors (Lipinski definition) is 9. The molecule has 4 rings (SSSR count). The van der Waals surface area contributed by atoms with Gasteiger partial charge in [-0.2, -0.15) is 0 Å². The summed E-state index contributed by atoms with van der Waals surface area (Å²) < 4.78 is 18.4. The van der Waals surface area contributed by atoms with Gasteiger partial charge in [-0.25, -0.2) is 14.0 Å². The summed E-state index contributed by atoms with van der Waals surface area (Å²) in [6, 6.07) is 17.1. The average molecular weight is 597 g/mol. The molecule has 3 aromatic carbocycles. The molecule has 0 aliphatic carbocycles. The van der Waals surface area contributed by atoms with Gasteiger partial charge in [0.25, 0.3) is 11.8 Å². The van der Waals surface area contributed by atoms with Gasteiger partial charge < -0.3 is 21.7 Å². The Hall–Kier alpha value is -4.82. The predicted octanol–water partition coefficient (Wildman–Crippen LogP) is 3.70. The molecule has 14 heteroatoms. The van der Waals surface area contributed by atoms with Crippen LogP contribution < -0.4 is 27.2 Å². The number of amidine groups is 1. The number of anilines is 3. The Labute approximate surface area is 229 Å². The number of nitrogen functional groups attached to an aromatic ring is 1. The molecule has 0 radical (unpaired) electrons. The van der Waals surface area contributed by atoms with E-state index in [-0.39, 0.29) is 46.7 Å². The predicted molar refractivity (Wildman–Crippen MR) is 146 cm³/mol. The van der Waals surface area contributed by atoms with Crippen LogP contribution in [0.5, 0.6) is 0 Å². The molecule has 0 atom stereocenters. The smallest absolute Gasteiger partial charge is 0.255 e. The second-order valence-corrected chi connectivity index (χ2v) is 8.79. The summed E-state index contributed by atoms with van der Waals surface area (Å²) in [7, 11) is 0. The summed E-state index contributed by atoms with van der Waals surface area (Å²) in [4.78, 5) is 29.1. The van der Waals surface area contributed by atoms with Crippen LogP contribution in [0.1, 0.15) is 26.4 Å². The van der Waals surface area contributed by atoms with Gasteiger partial charge in [-0.1, -0.05) is 12.1 Å². The molecule has 39 heavy (non-hydrogen) atoms. The van der Waals surface area contributed by atoms with Crippen molar-refractivity contribution in [2.75, 3.05) is 29.5 Å². The van der Waals surface area contributed by atoms with Crippen molar-refractivity contribution in [2.45, 2.75) is 0 Å². The van der Waals surface area contributed by atoms with E-state index in [0.717, 1.165) is 0 Å². The first-order chi connectivity index (χ1) is 18.9. The highest BCUT2D eigenvalue weighted by Crippen LogP contribution is 2.23. The Morgan fingerprint density at radius 1 is 1.00 bits per heavy atom. The van der Waals surface area contributed by atoms with Crippen LogP contribution in [0.4, 0.5) is 27.3 Å². The van der Waals surface area contributed by atoms with E-state index in [1.54, 1.807) is 24.3 Å². The molecule has 1 heterocycles. The number of hydroxylamine groups is 1. The van der Waals surface area contributed by atoms with Crippen LogP contribution in [0.2, 0.25) is 0 Å². The summed E-state index contributed by atoms with van der Waals surface area (Å²) >= 11 is 3.07. The number of hydrogen-bond donors (Lipinski definition) is 6. The Bertz CT molecular complexity index is 1510. The fourth-order valence-electron chi connectivity index (χ4n) is 3.31. The highest BCUT2D eigenvalue weighted by atomic mass is 79.9. The molecule has 12 nitrogen and oxygen atoms in total. The van der Waals surface area contributed by atoms with Gasteiger partial charge in [-0.15, -0.1) is 0 Å². The standard InChI is InChI=1S/C25H22BrFN8O4/c26-17-13-16(9-10-18(17)27)31-23(33-38)21-22(35-39-34-21)29-11-12-30-24(36)14-5-7-15(8-6-14)25(37)32-20-4-2-1-3-19(20)28/h1-10,13,38H,11-12,28H2,(H,29,35)(H,30,36)(H,31,33)(H,32,37). The van der Waals surface area contributed by atoms with E-state index in [2.05, 4.69) is 47.2 Å². The Kier molecular flexibility index (Phi) is 8.81. The van der Waals surface area contributed by atoms with Crippen molar-refractivity contribution in [1.82, 2.24) is 21.1 Å². The van der Waals surface area contributed by atoms with Gasteiger partial charge in [0.1, 0.15) is 5.82 Å². The molecule has 200 valence electrons. The lowest BCUT2D eigenvalue weighted by atomic mass is 10.1. The molecule has 0 spiro atoms. The fourth-order valence-corrected chi connectivity index (χ4v) is 3.68. The first-order valence-corrected chi connectivity index (χ1v) is 12.2. The van der Waals surface area contributed by atoms with Crippen LogP contribution in [-0.2, 0) is 0 Å². The van der Waals surface area contributed by atoms with E-state index in [0.29, 0.717) is 28.2 Å². The minimum Gasteiger partial charge on any atom is -0.397 e. The normalized spacial score (nSPS) is 11.1. The van der Waals surface area contributed by atoms with Gasteiger partial charge in [0, 0.05) is 24.2 Å². The topological polar surface area (TPSA) is 180 Å². The number of nitrogens with zero attached hydrogens (tertiary/aromatic N) is 3. The number of rotatable bonds is 9. The molecular weight excluding hydrogens is 575 g/mol. The summed E-state index contributed by atoms with van der Waals surface area (Å²) in [5.74, 6) is -1.11. The number of nitrogens with two attached hydrogens (primary N) is 1. The lowest BCUT2D eigenvalue weighted by Gasteiger charge is -2.09. The van der Waals surface area contributed by atoms with Gasteiger partial charge in [-0.3, -0.25) is 20.3 Å². The zero-order chi connectivity index (χ0) is 27.8. The molecule has 4 aromatic rings. The number of para-hydroxylation sites is 2. The first kappa shape index (κ1) is 27.2. The largest absolute Gasteiger partial charge is 0.397 e. The molecule has 1 aromatic heterocycles. The third-order valence-electron chi connectivity index (χ3n) is 5.28. The highest BCUT2D eigenvalue weighted by molar-refractivity contribution is 9.10. The van der Waals surface area contributed by atoms with Crippen molar-refractivity contribution in [3.05, 3.63) is 93.8 Å². The second-order valence-electron chi connectivity index (χ2n) is 7.93. The van der Waals surface area contributed by atoms with Crippen molar-refractivity contribution in [3.8, 4) is 0 Å². The highest BCUT2D eigenvalue weighted by Gasteiger charge is 2.17. The summed E-state index contributed by atoms with van der Waals surface area (Å²) in [5, 5.41) is 25.4. The SMILES string of the molecule is Nc1ccccc1NC(=O)c1ccc(C(=O)NCCNc2nonc2C(=Nc2ccc(F)c(Br)c2)NO)cc1. The van der Waals surface area contributed by atoms with E-state index in [1.807, 2.05) is 5.48 Å². The van der Waals surface area contributed by atoms with Gasteiger partial charge in [0.15, 0.2) is 11.5 Å². The first-order valence-electron chi connectivity index (χ1n) is 11.4. The summed E-state index contributed by atoms with van der Waals surface area (Å²) in [6.07, 6.45) is 0. The molecule has 7 N–H and O–H groups in total. The van der Waals surface area contributed by atoms with Crippen LogP contribution in [0.3, 0.4) is 0 Å². The van der Waals surface area contributed by atoms with Crippen LogP contribution in [0.15, 0.2) is 80.8 Å². The Morgan fingerprint density at radius 2 is 1.72 bits per heavy atom. The summed E-state index contributed by atoms with van der Waals surface area (Å²) in [6.45, 7) is 0.428. The maximum atomic E-state index is 13.5. The van der Waals surface area contributed by atoms with Crippen molar-refractivity contribution in [2.24, 2.45) is 4.99 Å². The number of benzene rings is 3. The van der Waals surface area contributed by atoms with Gasteiger partial charge in [0.05, 0.1) is 21.5 Å². The molecule has 0 saturated heterocycles. The number of carbonyl (C=O) groups is 2. The molecule has 0 fully saturated rings. The number of amides is 2. The molecule has 0 aliphatic rings. The Morgan fingerprint density at radius 3 is 2.41 bits per heavy atom. The third-order valence-corrected chi connectivity index (χ3v) is 5.89. The lowest BCUT2D eigenvalue weighted by molar-refractivity contribution is 0.0953. The maximum absolute atomic E-state index is 13.5. The zero-order valence-electron chi connectivity index (χ0n) is 20.1. The van der Waals surface area contributed by atoms with E-state index < -0.39 is 5.82 Å². The molecule has 2 amide bonds. The van der Waals surface area contributed by atoms with Crippen molar-refractivity contribution in [1.29, 1.82) is 0 Å². The number of aromatic nitrogens is 2. The average Bonchev–Trinajstić information content (AvgIpc) is 3.41. The maximum Gasteiger partial charge on any atom is 0.255 e. The van der Waals surface area contributed by atoms with E-state index >= 15 is 0 Å². The third kappa shape index (κ3) is 6.94. The second kappa shape index (κ2) is 12.6. The van der Waals surface area contributed by atoms with Crippen LogP contribution in [0.25, 0.3) is 0 Å². The molecule has 0 unspecified atom stereocenters. The molecular formula is C25H22BrFN8O4. The van der Waals surface area contributed by atoms with Crippen molar-refractivity contribution < 1.29 is 23.8 Å². The van der Waals surface area contributed by atoms with Gasteiger partial charge >= 0.3 is 0 Å². The lowest BCUT2D eigenvalue weighted by Crippen LogP contribution is -2.29. The summed E-state index contributed by atoms with van der Waals surface area (Å²) in [5.41, 5.74) is 9.84. The van der Waals surface area contributed by atoms with E-state index in [9.17, 15) is 19.2 Å². The monoisotopic (exact) mass is 596 g/mol. The van der Waals surface area contributed by atoms with Crippen LogP contribution in [-0.4, -0.2) is 46.3 Å². The van der Waals surface area contributed by atoms with Crippen LogP contribution in [0, 0.1) is 5.82 Å². The van der Waals surface area contributed by atoms with Crippen molar-refractivity contribution >= 4 is 56.5 Å². The minimum absolute atomic E-state index is 0.0652. The fraction of sp³-hybridized carbons (Fsp3) is 0.0800. The number of carbonyl (C=O) groups excluding carboxylic acids is 2. The minimum atomic E-state index is -0.463. The number of halogens is 2. The molecule has 0 bridgehead atoms. The van der Waals surface area contributed by atoms with Gasteiger partial charge in [0.2, 0.25) is 5.82 Å². The van der Waals surface area contributed by atoms with Crippen LogP contribution >= 0.6 is 15.9 Å². The molecule has 0 saturated carbocycles. The zero-order valence-corrected chi connectivity index (χ0v) is 21.7. The molecule has 0 aliphatic heterocycles. The van der Waals surface area contributed by atoms with Crippen molar-refractivity contribution in [3.63, 3.8) is 0 Å². The number of aliphatic imine (C=N–C) groups is 1. The van der Waals surface area contributed by atoms with E-state index in [4.69, 9.17) is 10.4 Å².